The number of hydrogen-bond donors (Lipinski definition) is 1. The monoisotopic (exact) mass is 284 g/mol. The zero-order chi connectivity index (χ0) is 13.6. The molecule has 19 heavy (non-hydrogen) atoms. The number of sulfonamides is 1. The second kappa shape index (κ2) is 4.45. The molecule has 1 aromatic rings. The van der Waals surface area contributed by atoms with Crippen LogP contribution in [-0.2, 0) is 10.0 Å². The Morgan fingerprint density at radius 2 is 1.89 bits per heavy atom. The van der Waals surface area contributed by atoms with E-state index in [4.69, 9.17) is 5.73 Å². The highest BCUT2D eigenvalue weighted by Crippen LogP contribution is 2.38. The van der Waals surface area contributed by atoms with Gasteiger partial charge in [0.2, 0.25) is 10.0 Å². The number of benzene rings is 1. The number of halogens is 1. The first-order chi connectivity index (χ1) is 8.96. The van der Waals surface area contributed by atoms with Gasteiger partial charge in [0, 0.05) is 18.3 Å². The maximum absolute atomic E-state index is 13.4. The van der Waals surface area contributed by atoms with Crippen LogP contribution in [0.1, 0.15) is 25.7 Å². The summed E-state index contributed by atoms with van der Waals surface area (Å²) in [4.78, 5) is -0.0300. The van der Waals surface area contributed by atoms with Crippen molar-refractivity contribution in [2.75, 3.05) is 12.3 Å². The molecule has 0 radical (unpaired) electrons. The molecule has 0 amide bonds. The fourth-order valence-corrected chi connectivity index (χ4v) is 4.06. The van der Waals surface area contributed by atoms with Crippen molar-refractivity contribution in [1.29, 1.82) is 0 Å². The zero-order valence-electron chi connectivity index (χ0n) is 10.5. The Hall–Kier alpha value is -1.14. The summed E-state index contributed by atoms with van der Waals surface area (Å²) in [6.45, 7) is 0.559. The molecule has 1 aromatic carbocycles. The predicted molar refractivity (Wildman–Crippen MR) is 70.5 cm³/mol. The molecule has 0 spiro atoms. The third-order valence-corrected chi connectivity index (χ3v) is 5.49. The molecule has 2 saturated carbocycles. The number of hydrogen-bond acceptors (Lipinski definition) is 3. The molecule has 4 nitrogen and oxygen atoms in total. The number of anilines is 1. The molecule has 3 rings (SSSR count). The minimum atomic E-state index is -3.62. The molecule has 0 bridgehead atoms. The summed E-state index contributed by atoms with van der Waals surface area (Å²) >= 11 is 0. The van der Waals surface area contributed by atoms with E-state index in [9.17, 15) is 12.8 Å². The number of nitrogen functional groups attached to an aromatic ring is 1. The molecule has 0 heterocycles. The maximum atomic E-state index is 13.4. The minimum absolute atomic E-state index is 0.0300. The van der Waals surface area contributed by atoms with Gasteiger partial charge in [-0.05, 0) is 49.8 Å². The second-order valence-electron chi connectivity index (χ2n) is 5.47. The summed E-state index contributed by atoms with van der Waals surface area (Å²) in [6, 6.07) is 3.60. The van der Waals surface area contributed by atoms with Crippen molar-refractivity contribution in [3.8, 4) is 0 Å². The lowest BCUT2D eigenvalue weighted by atomic mass is 10.3. The Labute approximate surface area is 112 Å². The van der Waals surface area contributed by atoms with Crippen molar-refractivity contribution in [3.05, 3.63) is 24.0 Å². The molecular weight excluding hydrogens is 267 g/mol. The van der Waals surface area contributed by atoms with Crippen LogP contribution in [0.15, 0.2) is 23.1 Å². The van der Waals surface area contributed by atoms with Crippen LogP contribution in [0.3, 0.4) is 0 Å². The fraction of sp³-hybridized carbons (Fsp3) is 0.538. The fourth-order valence-electron chi connectivity index (χ4n) is 2.23. The Kier molecular flexibility index (Phi) is 3.02. The van der Waals surface area contributed by atoms with Crippen LogP contribution in [0.2, 0.25) is 0 Å². The normalized spacial score (nSPS) is 19.9. The highest BCUT2D eigenvalue weighted by Gasteiger charge is 2.41. The zero-order valence-corrected chi connectivity index (χ0v) is 11.4. The first-order valence-corrected chi connectivity index (χ1v) is 7.99. The molecular formula is C13H17FN2O2S. The van der Waals surface area contributed by atoms with Crippen LogP contribution in [0.25, 0.3) is 0 Å². The van der Waals surface area contributed by atoms with Gasteiger partial charge >= 0.3 is 0 Å². The van der Waals surface area contributed by atoms with Crippen LogP contribution in [0.4, 0.5) is 10.1 Å². The average molecular weight is 284 g/mol. The Morgan fingerprint density at radius 3 is 2.42 bits per heavy atom. The third-order valence-electron chi connectivity index (χ3n) is 3.59. The van der Waals surface area contributed by atoms with Gasteiger partial charge in [0.25, 0.3) is 0 Å². The molecule has 2 fully saturated rings. The standard InChI is InChI=1S/C13H17FN2O2S/c14-10-5-11(15)7-13(6-10)19(17,18)16(12-3-4-12)8-9-1-2-9/h5-7,9,12H,1-4,8,15H2. The summed E-state index contributed by atoms with van der Waals surface area (Å²) in [5.41, 5.74) is 5.68. The lowest BCUT2D eigenvalue weighted by molar-refractivity contribution is 0.388. The van der Waals surface area contributed by atoms with Crippen LogP contribution in [0.5, 0.6) is 0 Å². The smallest absolute Gasteiger partial charge is 0.243 e. The summed E-state index contributed by atoms with van der Waals surface area (Å²) in [7, 11) is -3.62. The van der Waals surface area contributed by atoms with Gasteiger partial charge in [-0.3, -0.25) is 0 Å². The first kappa shape index (κ1) is 12.9. The van der Waals surface area contributed by atoms with Gasteiger partial charge in [-0.15, -0.1) is 0 Å². The van der Waals surface area contributed by atoms with Gasteiger partial charge in [-0.2, -0.15) is 4.31 Å². The van der Waals surface area contributed by atoms with Crippen molar-refractivity contribution in [2.45, 2.75) is 36.6 Å². The van der Waals surface area contributed by atoms with Crippen molar-refractivity contribution >= 4 is 15.7 Å². The van der Waals surface area contributed by atoms with Crippen LogP contribution in [-0.4, -0.2) is 25.3 Å². The lowest BCUT2D eigenvalue weighted by Gasteiger charge is -2.22. The first-order valence-electron chi connectivity index (χ1n) is 6.55. The van der Waals surface area contributed by atoms with Gasteiger partial charge in [0.1, 0.15) is 5.82 Å². The number of nitrogens with two attached hydrogens (primary N) is 1. The number of rotatable bonds is 5. The van der Waals surface area contributed by atoms with Gasteiger partial charge in [0.05, 0.1) is 4.90 Å². The Morgan fingerprint density at radius 1 is 1.21 bits per heavy atom. The van der Waals surface area contributed by atoms with Crippen LogP contribution < -0.4 is 5.73 Å². The van der Waals surface area contributed by atoms with E-state index >= 15 is 0 Å². The van der Waals surface area contributed by atoms with Gasteiger partial charge in [-0.25, -0.2) is 12.8 Å². The van der Waals surface area contributed by atoms with Crippen molar-refractivity contribution in [1.82, 2.24) is 4.31 Å². The topological polar surface area (TPSA) is 63.4 Å². The Balaban J connectivity index is 1.94. The molecule has 0 aliphatic heterocycles. The lowest BCUT2D eigenvalue weighted by Crippen LogP contribution is -2.35. The molecule has 0 unspecified atom stereocenters. The van der Waals surface area contributed by atoms with E-state index in [-0.39, 0.29) is 16.6 Å². The van der Waals surface area contributed by atoms with E-state index < -0.39 is 15.8 Å². The van der Waals surface area contributed by atoms with Gasteiger partial charge in [0.15, 0.2) is 0 Å². The van der Waals surface area contributed by atoms with Crippen molar-refractivity contribution in [3.63, 3.8) is 0 Å². The highest BCUT2D eigenvalue weighted by molar-refractivity contribution is 7.89. The molecule has 6 heteroatoms. The molecule has 2 aliphatic rings. The van der Waals surface area contributed by atoms with Crippen molar-refractivity contribution in [2.24, 2.45) is 5.92 Å². The van der Waals surface area contributed by atoms with E-state index in [1.165, 1.54) is 6.07 Å². The summed E-state index contributed by atoms with van der Waals surface area (Å²) in [5.74, 6) is -0.137. The quantitative estimate of drug-likeness (QED) is 0.841. The molecule has 2 aliphatic carbocycles. The molecule has 0 saturated heterocycles. The average Bonchev–Trinajstić information content (AvgIpc) is 3.18. The Bertz CT molecular complexity index is 574. The number of nitrogens with zero attached hydrogens (tertiary/aromatic N) is 1. The van der Waals surface area contributed by atoms with Gasteiger partial charge < -0.3 is 5.73 Å². The minimum Gasteiger partial charge on any atom is -0.399 e. The summed E-state index contributed by atoms with van der Waals surface area (Å²) < 4.78 is 40.1. The van der Waals surface area contributed by atoms with E-state index in [0.29, 0.717) is 12.5 Å². The highest BCUT2D eigenvalue weighted by atomic mass is 32.2. The maximum Gasteiger partial charge on any atom is 0.243 e. The molecule has 2 N–H and O–H groups in total. The predicted octanol–water partition coefficient (Wildman–Crippen LogP) is 1.97. The van der Waals surface area contributed by atoms with E-state index in [1.807, 2.05) is 0 Å². The molecule has 0 atom stereocenters. The summed E-state index contributed by atoms with van der Waals surface area (Å²) in [6.07, 6.45) is 3.97. The van der Waals surface area contributed by atoms with Crippen molar-refractivity contribution < 1.29 is 12.8 Å². The molecule has 104 valence electrons. The second-order valence-corrected chi connectivity index (χ2v) is 7.36. The van der Waals surface area contributed by atoms with Gasteiger partial charge in [-0.1, -0.05) is 0 Å². The van der Waals surface area contributed by atoms with E-state index in [2.05, 4.69) is 0 Å². The molecule has 0 aromatic heterocycles. The van der Waals surface area contributed by atoms with E-state index in [1.54, 1.807) is 4.31 Å². The van der Waals surface area contributed by atoms with Crippen LogP contribution >= 0.6 is 0 Å². The largest absolute Gasteiger partial charge is 0.399 e. The summed E-state index contributed by atoms with van der Waals surface area (Å²) in [5, 5.41) is 0. The van der Waals surface area contributed by atoms with Crippen LogP contribution in [0, 0.1) is 11.7 Å². The third kappa shape index (κ3) is 2.74. The van der Waals surface area contributed by atoms with E-state index in [0.717, 1.165) is 37.8 Å². The SMILES string of the molecule is Nc1cc(F)cc(S(=O)(=O)N(CC2CC2)C2CC2)c1.